The van der Waals surface area contributed by atoms with Crippen molar-refractivity contribution >= 4 is 17.2 Å². The summed E-state index contributed by atoms with van der Waals surface area (Å²) in [7, 11) is 0. The van der Waals surface area contributed by atoms with Gasteiger partial charge in [-0.1, -0.05) is 12.1 Å². The molecule has 0 spiro atoms. The summed E-state index contributed by atoms with van der Waals surface area (Å²) in [5.41, 5.74) is 0.758. The lowest BCUT2D eigenvalue weighted by Gasteiger charge is -2.20. The van der Waals surface area contributed by atoms with E-state index in [1.807, 2.05) is 11.4 Å². The minimum absolute atomic E-state index is 0.0164. The molecule has 2 atom stereocenters. The Labute approximate surface area is 139 Å². The number of nitrogens with one attached hydrogen (secondary N) is 1. The third kappa shape index (κ3) is 4.09. The van der Waals surface area contributed by atoms with Gasteiger partial charge in [0.1, 0.15) is 10.8 Å². The first-order valence-electron chi connectivity index (χ1n) is 7.73. The van der Waals surface area contributed by atoms with Gasteiger partial charge >= 0.3 is 0 Å². The number of ether oxygens (including phenoxy) is 1. The highest BCUT2D eigenvalue weighted by atomic mass is 32.1. The van der Waals surface area contributed by atoms with Crippen molar-refractivity contribution in [3.8, 4) is 5.75 Å². The van der Waals surface area contributed by atoms with Crippen molar-refractivity contribution in [2.45, 2.75) is 38.5 Å². The van der Waals surface area contributed by atoms with Crippen LogP contribution in [0, 0.1) is 5.92 Å². The fraction of sp³-hybridized carbons (Fsp3) is 0.412. The van der Waals surface area contributed by atoms with E-state index in [0.29, 0.717) is 11.7 Å². The van der Waals surface area contributed by atoms with E-state index in [0.717, 1.165) is 23.4 Å². The summed E-state index contributed by atoms with van der Waals surface area (Å²) in [5.74, 6) is 0.915. The van der Waals surface area contributed by atoms with Gasteiger partial charge in [0.15, 0.2) is 6.10 Å². The molecule has 1 saturated carbocycles. The predicted molar refractivity (Wildman–Crippen MR) is 88.2 cm³/mol. The summed E-state index contributed by atoms with van der Waals surface area (Å²) < 4.78 is 5.70. The summed E-state index contributed by atoms with van der Waals surface area (Å²) >= 11 is 1.57. The maximum Gasteiger partial charge on any atom is 0.261 e. The number of amides is 1. The van der Waals surface area contributed by atoms with Crippen LogP contribution in [0.4, 0.5) is 0 Å². The van der Waals surface area contributed by atoms with E-state index in [4.69, 9.17) is 9.84 Å². The normalized spacial score (nSPS) is 16.6. The molecule has 1 fully saturated rings. The van der Waals surface area contributed by atoms with Crippen molar-refractivity contribution in [3.63, 3.8) is 0 Å². The van der Waals surface area contributed by atoms with Crippen LogP contribution >= 0.6 is 11.3 Å². The number of thiazole rings is 1. The molecule has 1 aromatic carbocycles. The van der Waals surface area contributed by atoms with Gasteiger partial charge < -0.3 is 15.2 Å². The number of carbonyl (C=O) groups is 1. The largest absolute Gasteiger partial charge is 0.481 e. The lowest BCUT2D eigenvalue weighted by molar-refractivity contribution is -0.128. The van der Waals surface area contributed by atoms with Crippen LogP contribution in [-0.2, 0) is 11.4 Å². The van der Waals surface area contributed by atoms with E-state index < -0.39 is 6.10 Å². The summed E-state index contributed by atoms with van der Waals surface area (Å²) in [4.78, 5) is 16.8. The zero-order chi connectivity index (χ0) is 16.2. The van der Waals surface area contributed by atoms with Crippen molar-refractivity contribution in [1.29, 1.82) is 0 Å². The zero-order valence-corrected chi connectivity index (χ0v) is 13.8. The SMILES string of the molecule is CC(Oc1cccc(CO)c1)C(=O)NC(c1nccs1)C1CC1. The summed E-state index contributed by atoms with van der Waals surface area (Å²) in [5, 5.41) is 15.1. The van der Waals surface area contributed by atoms with Crippen LogP contribution in [-0.4, -0.2) is 22.1 Å². The number of aromatic nitrogens is 1. The average molecular weight is 332 g/mol. The molecule has 6 heteroatoms. The second-order valence-electron chi connectivity index (χ2n) is 5.76. The highest BCUT2D eigenvalue weighted by Crippen LogP contribution is 2.41. The molecule has 0 saturated heterocycles. The number of nitrogens with zero attached hydrogens (tertiary/aromatic N) is 1. The Bertz CT molecular complexity index is 656. The molecule has 2 unspecified atom stereocenters. The van der Waals surface area contributed by atoms with E-state index >= 15 is 0 Å². The van der Waals surface area contributed by atoms with Crippen molar-refractivity contribution < 1.29 is 14.6 Å². The van der Waals surface area contributed by atoms with E-state index in [1.165, 1.54) is 0 Å². The topological polar surface area (TPSA) is 71.5 Å². The number of hydrogen-bond donors (Lipinski definition) is 2. The van der Waals surface area contributed by atoms with Gasteiger partial charge in [0.25, 0.3) is 5.91 Å². The minimum atomic E-state index is -0.606. The number of benzene rings is 1. The Hall–Kier alpha value is -1.92. The first kappa shape index (κ1) is 16.0. The molecule has 23 heavy (non-hydrogen) atoms. The number of aliphatic hydroxyl groups excluding tert-OH is 1. The molecule has 2 N–H and O–H groups in total. The average Bonchev–Trinajstić information content (AvgIpc) is 3.26. The van der Waals surface area contributed by atoms with Crippen LogP contribution in [0.3, 0.4) is 0 Å². The second-order valence-corrected chi connectivity index (χ2v) is 6.69. The number of rotatable bonds is 7. The molecular weight excluding hydrogens is 312 g/mol. The lowest BCUT2D eigenvalue weighted by atomic mass is 10.2. The quantitative estimate of drug-likeness (QED) is 0.818. The molecular formula is C17H20N2O3S. The Morgan fingerprint density at radius 1 is 1.52 bits per heavy atom. The molecule has 0 radical (unpaired) electrons. The maximum atomic E-state index is 12.4. The summed E-state index contributed by atoms with van der Waals surface area (Å²) in [6.07, 6.45) is 3.41. The third-order valence-electron chi connectivity index (χ3n) is 3.87. The molecule has 1 aromatic heterocycles. The van der Waals surface area contributed by atoms with Crippen molar-refractivity contribution in [2.24, 2.45) is 5.92 Å². The minimum Gasteiger partial charge on any atom is -0.481 e. The van der Waals surface area contributed by atoms with Gasteiger partial charge in [0.05, 0.1) is 12.6 Å². The van der Waals surface area contributed by atoms with Crippen LogP contribution in [0.5, 0.6) is 5.75 Å². The van der Waals surface area contributed by atoms with E-state index in [1.54, 1.807) is 42.7 Å². The molecule has 0 aliphatic heterocycles. The van der Waals surface area contributed by atoms with E-state index in [-0.39, 0.29) is 18.6 Å². The Morgan fingerprint density at radius 3 is 3.00 bits per heavy atom. The van der Waals surface area contributed by atoms with Crippen LogP contribution in [0.25, 0.3) is 0 Å². The molecule has 1 heterocycles. The van der Waals surface area contributed by atoms with Gasteiger partial charge in [-0.2, -0.15) is 0 Å². The van der Waals surface area contributed by atoms with Crippen LogP contribution in [0.1, 0.15) is 36.4 Å². The van der Waals surface area contributed by atoms with Gasteiger partial charge in [-0.25, -0.2) is 4.98 Å². The fourth-order valence-corrected chi connectivity index (χ4v) is 3.23. The van der Waals surface area contributed by atoms with Crippen LogP contribution in [0.15, 0.2) is 35.8 Å². The smallest absolute Gasteiger partial charge is 0.261 e. The Kier molecular flexibility index (Phi) is 4.93. The second kappa shape index (κ2) is 7.10. The van der Waals surface area contributed by atoms with Crippen LogP contribution < -0.4 is 10.1 Å². The molecule has 0 bridgehead atoms. The molecule has 1 amide bonds. The number of carbonyl (C=O) groups excluding carboxylic acids is 1. The van der Waals surface area contributed by atoms with Crippen molar-refractivity contribution in [3.05, 3.63) is 46.4 Å². The van der Waals surface area contributed by atoms with Gasteiger partial charge in [-0.3, -0.25) is 4.79 Å². The molecule has 122 valence electrons. The lowest BCUT2D eigenvalue weighted by Crippen LogP contribution is -2.39. The standard InChI is InChI=1S/C17H20N2O3S/c1-11(22-14-4-2-3-12(9-14)10-20)16(21)19-15(13-5-6-13)17-18-7-8-23-17/h2-4,7-9,11,13,15,20H,5-6,10H2,1H3,(H,19,21). The zero-order valence-electron chi connectivity index (χ0n) is 12.9. The molecule has 2 aromatic rings. The van der Waals surface area contributed by atoms with Gasteiger partial charge in [-0.05, 0) is 43.4 Å². The summed E-state index contributed by atoms with van der Waals surface area (Å²) in [6.45, 7) is 1.68. The van der Waals surface area contributed by atoms with Crippen LogP contribution in [0.2, 0.25) is 0 Å². The van der Waals surface area contributed by atoms with Crippen molar-refractivity contribution in [2.75, 3.05) is 0 Å². The first-order chi connectivity index (χ1) is 11.2. The third-order valence-corrected chi connectivity index (χ3v) is 4.73. The molecule has 5 nitrogen and oxygen atoms in total. The van der Waals surface area contributed by atoms with Gasteiger partial charge in [0.2, 0.25) is 0 Å². The number of aliphatic hydroxyl groups is 1. The monoisotopic (exact) mass is 332 g/mol. The molecule has 1 aliphatic carbocycles. The highest BCUT2D eigenvalue weighted by molar-refractivity contribution is 7.09. The van der Waals surface area contributed by atoms with Gasteiger partial charge in [-0.15, -0.1) is 11.3 Å². The Balaban J connectivity index is 1.62. The molecule has 3 rings (SSSR count). The van der Waals surface area contributed by atoms with E-state index in [9.17, 15) is 4.79 Å². The Morgan fingerprint density at radius 2 is 2.35 bits per heavy atom. The predicted octanol–water partition coefficient (Wildman–Crippen LogP) is 2.67. The fourth-order valence-electron chi connectivity index (χ4n) is 2.44. The molecule has 1 aliphatic rings. The summed E-state index contributed by atoms with van der Waals surface area (Å²) in [6, 6.07) is 7.11. The van der Waals surface area contributed by atoms with E-state index in [2.05, 4.69) is 10.3 Å². The number of hydrogen-bond acceptors (Lipinski definition) is 5. The first-order valence-corrected chi connectivity index (χ1v) is 8.61. The maximum absolute atomic E-state index is 12.4. The van der Waals surface area contributed by atoms with Gasteiger partial charge in [0, 0.05) is 11.6 Å². The van der Waals surface area contributed by atoms with Crippen molar-refractivity contribution in [1.82, 2.24) is 10.3 Å². The highest BCUT2D eigenvalue weighted by Gasteiger charge is 2.35.